The largest absolute Gasteiger partial charge is 0.330 e. The van der Waals surface area contributed by atoms with Gasteiger partial charge in [-0.1, -0.05) is 18.2 Å². The number of aromatic nitrogens is 1. The lowest BCUT2D eigenvalue weighted by Crippen LogP contribution is -2.02. The van der Waals surface area contributed by atoms with Gasteiger partial charge in [-0.05, 0) is 18.7 Å². The molecule has 0 aliphatic carbocycles. The lowest BCUT2D eigenvalue weighted by atomic mass is 10.3. The smallest absolute Gasteiger partial charge is 0.103 e. The van der Waals surface area contributed by atoms with E-state index >= 15 is 0 Å². The van der Waals surface area contributed by atoms with Gasteiger partial charge in [0.25, 0.3) is 0 Å². The van der Waals surface area contributed by atoms with E-state index in [1.165, 1.54) is 9.90 Å². The van der Waals surface area contributed by atoms with Crippen molar-refractivity contribution < 1.29 is 0 Å². The van der Waals surface area contributed by atoms with Crippen LogP contribution < -0.4 is 5.73 Å². The molecule has 0 amide bonds. The number of hydrogen-bond donors (Lipinski definition) is 1. The highest BCUT2D eigenvalue weighted by atomic mass is 32.2. The molecule has 0 unspecified atom stereocenters. The summed E-state index contributed by atoms with van der Waals surface area (Å²) in [4.78, 5) is 5.82. The van der Waals surface area contributed by atoms with E-state index in [1.54, 1.807) is 11.3 Å². The highest BCUT2D eigenvalue weighted by molar-refractivity contribution is 7.98. The third-order valence-electron chi connectivity index (χ3n) is 2.11. The highest BCUT2D eigenvalue weighted by Crippen LogP contribution is 2.24. The molecule has 0 radical (unpaired) electrons. The molecule has 2 aromatic rings. The normalized spacial score (nSPS) is 10.6. The second-order valence-electron chi connectivity index (χ2n) is 3.37. The van der Waals surface area contributed by atoms with Crippen molar-refractivity contribution in [2.45, 2.75) is 17.1 Å². The highest BCUT2D eigenvalue weighted by Gasteiger charge is 2.02. The first-order chi connectivity index (χ1) is 7.88. The van der Waals surface area contributed by atoms with Crippen LogP contribution in [0.25, 0.3) is 0 Å². The zero-order valence-electron chi connectivity index (χ0n) is 8.93. The van der Waals surface area contributed by atoms with E-state index in [0.29, 0.717) is 6.54 Å². The SMILES string of the molecule is NCCc1csc(CSc2ccccc2)n1. The fourth-order valence-electron chi connectivity index (χ4n) is 1.34. The molecule has 4 heteroatoms. The summed E-state index contributed by atoms with van der Waals surface area (Å²) in [5, 5.41) is 3.28. The van der Waals surface area contributed by atoms with Crippen LogP contribution in [0.4, 0.5) is 0 Å². The molecule has 0 bridgehead atoms. The molecule has 0 aliphatic heterocycles. The summed E-state index contributed by atoms with van der Waals surface area (Å²) in [5.41, 5.74) is 6.62. The maximum Gasteiger partial charge on any atom is 0.103 e. The van der Waals surface area contributed by atoms with Crippen LogP contribution in [0.2, 0.25) is 0 Å². The quantitative estimate of drug-likeness (QED) is 0.829. The molecule has 1 heterocycles. The van der Waals surface area contributed by atoms with Gasteiger partial charge in [-0.25, -0.2) is 4.98 Å². The van der Waals surface area contributed by atoms with Gasteiger partial charge >= 0.3 is 0 Å². The second kappa shape index (κ2) is 6.03. The number of nitrogens with two attached hydrogens (primary N) is 1. The summed E-state index contributed by atoms with van der Waals surface area (Å²) in [6, 6.07) is 10.4. The molecule has 0 fully saturated rings. The van der Waals surface area contributed by atoms with Crippen molar-refractivity contribution >= 4 is 23.1 Å². The summed E-state index contributed by atoms with van der Waals surface area (Å²) < 4.78 is 0. The van der Waals surface area contributed by atoms with Gasteiger partial charge in [0.2, 0.25) is 0 Å². The molecule has 2 nitrogen and oxygen atoms in total. The molecular formula is C12H14N2S2. The maximum atomic E-state index is 5.49. The number of thiazole rings is 1. The number of thioether (sulfide) groups is 1. The van der Waals surface area contributed by atoms with Gasteiger partial charge in [0.15, 0.2) is 0 Å². The first-order valence-electron chi connectivity index (χ1n) is 5.19. The van der Waals surface area contributed by atoms with E-state index in [9.17, 15) is 0 Å². The van der Waals surface area contributed by atoms with E-state index < -0.39 is 0 Å². The molecule has 1 aromatic carbocycles. The summed E-state index contributed by atoms with van der Waals surface area (Å²) in [5.74, 6) is 0.944. The van der Waals surface area contributed by atoms with Crippen LogP contribution in [0.3, 0.4) is 0 Å². The minimum atomic E-state index is 0.676. The number of hydrogen-bond acceptors (Lipinski definition) is 4. The lowest BCUT2D eigenvalue weighted by molar-refractivity contribution is 0.928. The van der Waals surface area contributed by atoms with Gasteiger partial charge in [-0.15, -0.1) is 23.1 Å². The van der Waals surface area contributed by atoms with Crippen LogP contribution in [-0.4, -0.2) is 11.5 Å². The van der Waals surface area contributed by atoms with Crippen LogP contribution in [0.1, 0.15) is 10.7 Å². The summed E-state index contributed by atoms with van der Waals surface area (Å²) >= 11 is 3.54. The van der Waals surface area contributed by atoms with Crippen LogP contribution >= 0.6 is 23.1 Å². The van der Waals surface area contributed by atoms with Crippen molar-refractivity contribution in [3.05, 3.63) is 46.4 Å². The molecule has 0 atom stereocenters. The van der Waals surface area contributed by atoms with Crippen molar-refractivity contribution in [2.75, 3.05) is 6.54 Å². The van der Waals surface area contributed by atoms with Crippen LogP contribution in [0.5, 0.6) is 0 Å². The van der Waals surface area contributed by atoms with Crippen molar-refractivity contribution in [3.63, 3.8) is 0 Å². The zero-order chi connectivity index (χ0) is 11.2. The summed E-state index contributed by atoms with van der Waals surface area (Å²) in [7, 11) is 0. The van der Waals surface area contributed by atoms with E-state index in [4.69, 9.17) is 5.73 Å². The Balaban J connectivity index is 1.89. The topological polar surface area (TPSA) is 38.9 Å². The maximum absolute atomic E-state index is 5.49. The molecule has 2 rings (SSSR count). The molecule has 16 heavy (non-hydrogen) atoms. The number of rotatable bonds is 5. The molecule has 0 saturated heterocycles. The van der Waals surface area contributed by atoms with Gasteiger partial charge in [0.05, 0.1) is 11.4 Å². The third-order valence-corrected chi connectivity index (χ3v) is 4.21. The Bertz CT molecular complexity index is 426. The first kappa shape index (κ1) is 11.6. The van der Waals surface area contributed by atoms with Crippen LogP contribution in [-0.2, 0) is 12.2 Å². The molecule has 0 aliphatic rings. The Morgan fingerprint density at radius 3 is 2.81 bits per heavy atom. The van der Waals surface area contributed by atoms with Gasteiger partial charge in [0.1, 0.15) is 5.01 Å². The van der Waals surface area contributed by atoms with Crippen molar-refractivity contribution in [1.29, 1.82) is 0 Å². The molecule has 84 valence electrons. The monoisotopic (exact) mass is 250 g/mol. The van der Waals surface area contributed by atoms with E-state index in [-0.39, 0.29) is 0 Å². The van der Waals surface area contributed by atoms with E-state index in [0.717, 1.165) is 17.9 Å². The van der Waals surface area contributed by atoms with Gasteiger partial charge < -0.3 is 5.73 Å². The van der Waals surface area contributed by atoms with Crippen LogP contribution in [0.15, 0.2) is 40.6 Å². The molecular weight excluding hydrogens is 236 g/mol. The average molecular weight is 250 g/mol. The van der Waals surface area contributed by atoms with E-state index in [1.807, 2.05) is 17.8 Å². The summed E-state index contributed by atoms with van der Waals surface area (Å²) in [6.45, 7) is 0.676. The number of nitrogens with zero attached hydrogens (tertiary/aromatic N) is 1. The van der Waals surface area contributed by atoms with Gasteiger partial charge in [-0.2, -0.15) is 0 Å². The fraction of sp³-hybridized carbons (Fsp3) is 0.250. The van der Waals surface area contributed by atoms with E-state index in [2.05, 4.69) is 34.6 Å². The predicted octanol–water partition coefficient (Wildman–Crippen LogP) is 2.94. The Kier molecular flexibility index (Phi) is 4.39. The molecule has 1 aromatic heterocycles. The minimum Gasteiger partial charge on any atom is -0.330 e. The standard InChI is InChI=1S/C12H14N2S2/c13-7-6-10-8-16-12(14-10)9-15-11-4-2-1-3-5-11/h1-5,8H,6-7,9,13H2. The third kappa shape index (κ3) is 3.33. The van der Waals surface area contributed by atoms with Crippen molar-refractivity contribution in [1.82, 2.24) is 4.98 Å². The fourth-order valence-corrected chi connectivity index (χ4v) is 3.11. The molecule has 0 spiro atoms. The Labute approximate surface area is 104 Å². The van der Waals surface area contributed by atoms with Gasteiger partial charge in [0, 0.05) is 16.7 Å². The first-order valence-corrected chi connectivity index (χ1v) is 7.06. The predicted molar refractivity (Wildman–Crippen MR) is 70.9 cm³/mol. The Morgan fingerprint density at radius 1 is 1.25 bits per heavy atom. The minimum absolute atomic E-state index is 0.676. The van der Waals surface area contributed by atoms with Crippen LogP contribution in [0, 0.1) is 0 Å². The molecule has 0 saturated carbocycles. The Hall–Kier alpha value is -0.840. The summed E-state index contributed by atoms with van der Waals surface area (Å²) in [6.07, 6.45) is 0.881. The average Bonchev–Trinajstić information content (AvgIpc) is 2.76. The zero-order valence-corrected chi connectivity index (χ0v) is 10.6. The van der Waals surface area contributed by atoms with Gasteiger partial charge in [-0.3, -0.25) is 0 Å². The Morgan fingerprint density at radius 2 is 2.06 bits per heavy atom. The molecule has 2 N–H and O–H groups in total. The van der Waals surface area contributed by atoms with Crippen molar-refractivity contribution in [3.8, 4) is 0 Å². The number of benzene rings is 1. The second-order valence-corrected chi connectivity index (χ2v) is 5.36. The van der Waals surface area contributed by atoms with Crippen molar-refractivity contribution in [2.24, 2.45) is 5.73 Å². The lowest BCUT2D eigenvalue weighted by Gasteiger charge is -1.97.